The Morgan fingerprint density at radius 3 is 2.78 bits per heavy atom. The minimum absolute atomic E-state index is 0.0384. The summed E-state index contributed by atoms with van der Waals surface area (Å²) >= 11 is 0. The molecule has 0 bridgehead atoms. The Hall–Kier alpha value is -2.36. The highest BCUT2D eigenvalue weighted by Gasteiger charge is 2.24. The average Bonchev–Trinajstić information content (AvgIpc) is 2.84. The highest BCUT2D eigenvalue weighted by molar-refractivity contribution is 6.17. The first-order valence-corrected chi connectivity index (χ1v) is 5.71. The van der Waals surface area contributed by atoms with E-state index in [1.807, 2.05) is 30.3 Å². The normalized spacial score (nSPS) is 15.1. The van der Waals surface area contributed by atoms with Gasteiger partial charge in [0, 0.05) is 18.7 Å². The van der Waals surface area contributed by atoms with Gasteiger partial charge in [-0.3, -0.25) is 9.79 Å². The van der Waals surface area contributed by atoms with Crippen LogP contribution in [0.3, 0.4) is 0 Å². The summed E-state index contributed by atoms with van der Waals surface area (Å²) in [7, 11) is 1.74. The lowest BCUT2D eigenvalue weighted by molar-refractivity contribution is -0.116. The summed E-state index contributed by atoms with van der Waals surface area (Å²) in [5.74, 6) is 0.609. The quantitative estimate of drug-likeness (QED) is 0.766. The smallest absolute Gasteiger partial charge is 0.248 e. The van der Waals surface area contributed by atoms with Gasteiger partial charge in [-0.25, -0.2) is 0 Å². The molecule has 0 radical (unpaired) electrons. The predicted octanol–water partition coefficient (Wildman–Crippen LogP) is 2.09. The van der Waals surface area contributed by atoms with Gasteiger partial charge in [0.15, 0.2) is 5.76 Å². The molecule has 18 heavy (non-hydrogen) atoms. The zero-order valence-electron chi connectivity index (χ0n) is 9.96. The molecular formula is C14H12N2O2. The van der Waals surface area contributed by atoms with Crippen molar-refractivity contribution in [1.82, 2.24) is 0 Å². The maximum absolute atomic E-state index is 11.8. The van der Waals surface area contributed by atoms with E-state index in [2.05, 4.69) is 4.99 Å². The number of hydrogen-bond donors (Lipinski definition) is 0. The third-order valence-electron chi connectivity index (χ3n) is 3.01. The largest absolute Gasteiger partial charge is 0.460 e. The van der Waals surface area contributed by atoms with E-state index in [-0.39, 0.29) is 12.5 Å². The van der Waals surface area contributed by atoms with E-state index in [4.69, 9.17) is 4.42 Å². The van der Waals surface area contributed by atoms with E-state index < -0.39 is 0 Å². The van der Waals surface area contributed by atoms with Crippen molar-refractivity contribution in [2.45, 2.75) is 0 Å². The van der Waals surface area contributed by atoms with Gasteiger partial charge in [-0.2, -0.15) is 0 Å². The molecule has 1 aliphatic rings. The minimum atomic E-state index is -0.0384. The SMILES string of the molecule is CN1C(=O)CN=C(c2ccccc2)c2occc21. The van der Waals surface area contributed by atoms with Crippen LogP contribution in [0.5, 0.6) is 0 Å². The third kappa shape index (κ3) is 1.62. The molecule has 0 fully saturated rings. The zero-order valence-corrected chi connectivity index (χ0v) is 9.96. The zero-order chi connectivity index (χ0) is 12.5. The Morgan fingerprint density at radius 1 is 1.22 bits per heavy atom. The van der Waals surface area contributed by atoms with Crippen molar-refractivity contribution in [3.63, 3.8) is 0 Å². The van der Waals surface area contributed by atoms with Crippen LogP contribution in [0, 0.1) is 0 Å². The molecule has 0 saturated carbocycles. The molecule has 2 aromatic rings. The maximum Gasteiger partial charge on any atom is 0.248 e. The number of anilines is 1. The second-order valence-electron chi connectivity index (χ2n) is 4.12. The van der Waals surface area contributed by atoms with Crippen LogP contribution in [0.2, 0.25) is 0 Å². The number of carbonyl (C=O) groups is 1. The molecule has 0 unspecified atom stereocenters. The monoisotopic (exact) mass is 240 g/mol. The van der Waals surface area contributed by atoms with Crippen molar-refractivity contribution in [1.29, 1.82) is 0 Å². The summed E-state index contributed by atoms with van der Waals surface area (Å²) in [4.78, 5) is 17.8. The van der Waals surface area contributed by atoms with Gasteiger partial charge in [0.2, 0.25) is 5.91 Å². The van der Waals surface area contributed by atoms with Gasteiger partial charge in [0.25, 0.3) is 0 Å². The Kier molecular flexibility index (Phi) is 2.48. The van der Waals surface area contributed by atoms with Crippen molar-refractivity contribution in [2.75, 3.05) is 18.5 Å². The summed E-state index contributed by atoms with van der Waals surface area (Å²) < 4.78 is 5.50. The molecule has 90 valence electrons. The number of amides is 1. The Labute approximate surface area is 105 Å². The first-order valence-electron chi connectivity index (χ1n) is 5.71. The van der Waals surface area contributed by atoms with Crippen LogP contribution in [0.25, 0.3) is 0 Å². The number of aliphatic imine (C=N–C) groups is 1. The summed E-state index contributed by atoms with van der Waals surface area (Å²) in [6.45, 7) is 0.144. The molecule has 0 atom stereocenters. The molecule has 1 aromatic carbocycles. The van der Waals surface area contributed by atoms with E-state index in [0.717, 1.165) is 17.0 Å². The number of fused-ring (bicyclic) bond motifs is 1. The fourth-order valence-corrected chi connectivity index (χ4v) is 2.02. The lowest BCUT2D eigenvalue weighted by Gasteiger charge is -2.12. The Bertz CT molecular complexity index is 614. The second kappa shape index (κ2) is 4.14. The first-order chi connectivity index (χ1) is 8.77. The molecule has 0 N–H and O–H groups in total. The van der Waals surface area contributed by atoms with Gasteiger partial charge in [-0.1, -0.05) is 30.3 Å². The van der Waals surface area contributed by atoms with Crippen LogP contribution in [-0.2, 0) is 4.79 Å². The predicted molar refractivity (Wildman–Crippen MR) is 69.1 cm³/mol. The molecule has 1 aromatic heterocycles. The second-order valence-corrected chi connectivity index (χ2v) is 4.12. The number of hydrogen-bond acceptors (Lipinski definition) is 3. The van der Waals surface area contributed by atoms with Crippen LogP contribution < -0.4 is 4.90 Å². The Morgan fingerprint density at radius 2 is 2.00 bits per heavy atom. The molecule has 0 spiro atoms. The van der Waals surface area contributed by atoms with Crippen LogP contribution in [0.15, 0.2) is 52.1 Å². The molecule has 3 rings (SSSR count). The molecular weight excluding hydrogens is 228 g/mol. The number of benzene rings is 1. The van der Waals surface area contributed by atoms with Crippen LogP contribution in [0.1, 0.15) is 11.3 Å². The summed E-state index contributed by atoms with van der Waals surface area (Å²) in [6, 6.07) is 11.5. The van der Waals surface area contributed by atoms with Crippen LogP contribution in [0.4, 0.5) is 5.69 Å². The number of furan rings is 1. The van der Waals surface area contributed by atoms with Gasteiger partial charge in [-0.05, 0) is 0 Å². The lowest BCUT2D eigenvalue weighted by atomic mass is 10.1. The number of nitrogens with zero attached hydrogens (tertiary/aromatic N) is 2. The standard InChI is InChI=1S/C14H12N2O2/c1-16-11-7-8-18-14(11)13(15-9-12(16)17)10-5-3-2-4-6-10/h2-8H,9H2,1H3. The molecule has 1 amide bonds. The molecule has 4 nitrogen and oxygen atoms in total. The first kappa shape index (κ1) is 10.8. The Balaban J connectivity index is 2.17. The number of carbonyl (C=O) groups excluding carboxylic acids is 1. The van der Waals surface area contributed by atoms with E-state index in [1.165, 1.54) is 0 Å². The molecule has 4 heteroatoms. The summed E-state index contributed by atoms with van der Waals surface area (Å²) in [6.07, 6.45) is 1.58. The van der Waals surface area contributed by atoms with Crippen LogP contribution in [-0.4, -0.2) is 25.2 Å². The van der Waals surface area contributed by atoms with Crippen molar-refractivity contribution in [2.24, 2.45) is 4.99 Å². The summed E-state index contributed by atoms with van der Waals surface area (Å²) in [5.41, 5.74) is 2.45. The van der Waals surface area contributed by atoms with Gasteiger partial charge in [-0.15, -0.1) is 0 Å². The fourth-order valence-electron chi connectivity index (χ4n) is 2.02. The van der Waals surface area contributed by atoms with Crippen molar-refractivity contribution in [3.8, 4) is 0 Å². The molecule has 1 aliphatic heterocycles. The van der Waals surface area contributed by atoms with Crippen molar-refractivity contribution < 1.29 is 9.21 Å². The van der Waals surface area contributed by atoms with E-state index in [9.17, 15) is 4.79 Å². The average molecular weight is 240 g/mol. The van der Waals surface area contributed by atoms with E-state index in [0.29, 0.717) is 5.76 Å². The van der Waals surface area contributed by atoms with Crippen molar-refractivity contribution in [3.05, 3.63) is 54.0 Å². The van der Waals surface area contributed by atoms with Gasteiger partial charge in [0.1, 0.15) is 12.3 Å². The van der Waals surface area contributed by atoms with Crippen LogP contribution >= 0.6 is 0 Å². The van der Waals surface area contributed by atoms with Gasteiger partial charge < -0.3 is 9.32 Å². The highest BCUT2D eigenvalue weighted by atomic mass is 16.3. The van der Waals surface area contributed by atoms with E-state index >= 15 is 0 Å². The topological polar surface area (TPSA) is 45.8 Å². The molecule has 0 saturated heterocycles. The maximum atomic E-state index is 11.8. The fraction of sp³-hybridized carbons (Fsp3) is 0.143. The summed E-state index contributed by atoms with van der Waals surface area (Å²) in [5, 5.41) is 0. The minimum Gasteiger partial charge on any atom is -0.460 e. The number of likely N-dealkylation sites (N-methyl/N-ethyl adjacent to an activating group) is 1. The van der Waals surface area contributed by atoms with Gasteiger partial charge >= 0.3 is 0 Å². The van der Waals surface area contributed by atoms with Gasteiger partial charge in [0.05, 0.1) is 12.0 Å². The molecule has 0 aliphatic carbocycles. The highest BCUT2D eigenvalue weighted by Crippen LogP contribution is 2.26. The third-order valence-corrected chi connectivity index (χ3v) is 3.01. The molecule has 2 heterocycles. The van der Waals surface area contributed by atoms with Crippen molar-refractivity contribution >= 4 is 17.3 Å². The lowest BCUT2D eigenvalue weighted by Crippen LogP contribution is -2.27. The number of rotatable bonds is 1. The van der Waals surface area contributed by atoms with E-state index in [1.54, 1.807) is 24.3 Å².